The highest BCUT2D eigenvalue weighted by molar-refractivity contribution is 6.35. The van der Waals surface area contributed by atoms with Gasteiger partial charge in [0, 0.05) is 16.8 Å². The predicted molar refractivity (Wildman–Crippen MR) is 117 cm³/mol. The third kappa shape index (κ3) is 2.98. The van der Waals surface area contributed by atoms with Crippen molar-refractivity contribution in [2.45, 2.75) is 52.0 Å². The van der Waals surface area contributed by atoms with Gasteiger partial charge in [-0.3, -0.25) is 4.79 Å². The summed E-state index contributed by atoms with van der Waals surface area (Å²) < 4.78 is 5.37. The first-order chi connectivity index (χ1) is 14.4. The molecular formula is C23H23ClN4O2. The molecule has 0 aliphatic heterocycles. The van der Waals surface area contributed by atoms with Gasteiger partial charge in [0.15, 0.2) is 0 Å². The average molecular weight is 423 g/mol. The van der Waals surface area contributed by atoms with Crippen LogP contribution in [-0.2, 0) is 6.42 Å². The van der Waals surface area contributed by atoms with Gasteiger partial charge in [0.25, 0.3) is 11.6 Å². The normalized spacial score (nSPS) is 16.4. The van der Waals surface area contributed by atoms with E-state index in [-0.39, 0.29) is 17.9 Å². The van der Waals surface area contributed by atoms with Gasteiger partial charge in [-0.05, 0) is 49.8 Å². The molecule has 1 aliphatic rings. The summed E-state index contributed by atoms with van der Waals surface area (Å²) in [5.74, 6) is 0.0293. The van der Waals surface area contributed by atoms with Gasteiger partial charge in [-0.2, -0.15) is 0 Å². The Bertz CT molecular complexity index is 1290. The second kappa shape index (κ2) is 7.13. The van der Waals surface area contributed by atoms with Gasteiger partial charge >= 0.3 is 0 Å². The fourth-order valence-electron chi connectivity index (χ4n) is 4.42. The SMILES string of the molecule is Cc1noc2nc(C(C)C)cc(C(=O)N[C@H]3CCCc4c3[nH]c3c(Cl)cccc43)c12. The van der Waals surface area contributed by atoms with Gasteiger partial charge < -0.3 is 14.8 Å². The van der Waals surface area contributed by atoms with Crippen LogP contribution in [0.15, 0.2) is 28.8 Å². The summed E-state index contributed by atoms with van der Waals surface area (Å²) >= 11 is 6.40. The number of halogens is 1. The first kappa shape index (κ1) is 19.1. The van der Waals surface area contributed by atoms with E-state index in [0.717, 1.165) is 41.6 Å². The number of aryl methyl sites for hydroxylation is 2. The van der Waals surface area contributed by atoms with Crippen molar-refractivity contribution in [3.63, 3.8) is 0 Å². The van der Waals surface area contributed by atoms with Crippen molar-refractivity contribution in [3.05, 3.63) is 57.5 Å². The molecule has 0 unspecified atom stereocenters. The lowest BCUT2D eigenvalue weighted by Gasteiger charge is -2.24. The van der Waals surface area contributed by atoms with Crippen LogP contribution in [0.4, 0.5) is 0 Å². The number of hydrogen-bond donors (Lipinski definition) is 2. The number of amides is 1. The van der Waals surface area contributed by atoms with E-state index >= 15 is 0 Å². The van der Waals surface area contributed by atoms with Crippen LogP contribution < -0.4 is 5.32 Å². The number of carbonyl (C=O) groups is 1. The van der Waals surface area contributed by atoms with E-state index < -0.39 is 0 Å². The van der Waals surface area contributed by atoms with E-state index in [0.29, 0.717) is 27.4 Å². The Balaban J connectivity index is 1.55. The number of pyridine rings is 1. The third-order valence-electron chi connectivity index (χ3n) is 5.97. The van der Waals surface area contributed by atoms with Gasteiger partial charge in [0.05, 0.1) is 33.2 Å². The number of nitrogens with zero attached hydrogens (tertiary/aromatic N) is 2. The molecule has 1 amide bonds. The standard InChI is InChI=1S/C23H23ClN4O2/c1-11(2)18-10-15(19-12(3)28-30-23(19)26-18)22(29)25-17-9-5-7-14-13-6-4-8-16(24)20(13)27-21(14)17/h4,6,8,10-11,17,27H,5,7,9H2,1-3H3,(H,25,29)/t17-/m0/s1. The molecule has 0 bridgehead atoms. The number of aromatic nitrogens is 3. The van der Waals surface area contributed by atoms with Crippen molar-refractivity contribution in [3.8, 4) is 0 Å². The Morgan fingerprint density at radius 1 is 1.37 bits per heavy atom. The zero-order chi connectivity index (χ0) is 21.0. The molecule has 0 spiro atoms. The Morgan fingerprint density at radius 3 is 3.00 bits per heavy atom. The van der Waals surface area contributed by atoms with Crippen molar-refractivity contribution in [2.24, 2.45) is 0 Å². The number of aromatic amines is 1. The zero-order valence-electron chi connectivity index (χ0n) is 17.2. The highest BCUT2D eigenvalue weighted by atomic mass is 35.5. The number of para-hydroxylation sites is 1. The summed E-state index contributed by atoms with van der Waals surface area (Å²) in [6.07, 6.45) is 2.85. The fourth-order valence-corrected chi connectivity index (χ4v) is 4.64. The van der Waals surface area contributed by atoms with Crippen LogP contribution in [-0.4, -0.2) is 21.0 Å². The first-order valence-electron chi connectivity index (χ1n) is 10.3. The van der Waals surface area contributed by atoms with Gasteiger partial charge in [0.2, 0.25) is 0 Å². The molecule has 5 rings (SSSR count). The summed E-state index contributed by atoms with van der Waals surface area (Å²) in [4.78, 5) is 21.4. The van der Waals surface area contributed by atoms with Gasteiger partial charge in [-0.1, -0.05) is 42.7 Å². The maximum atomic E-state index is 13.4. The number of H-pyrrole nitrogens is 1. The molecule has 1 aromatic carbocycles. The molecule has 154 valence electrons. The monoisotopic (exact) mass is 422 g/mol. The molecule has 0 radical (unpaired) electrons. The van der Waals surface area contributed by atoms with E-state index in [2.05, 4.69) is 26.5 Å². The lowest BCUT2D eigenvalue weighted by Crippen LogP contribution is -2.31. The number of nitrogens with one attached hydrogen (secondary N) is 2. The molecular weight excluding hydrogens is 400 g/mol. The molecule has 1 atom stereocenters. The third-order valence-corrected chi connectivity index (χ3v) is 6.28. The molecule has 1 aliphatic carbocycles. The van der Waals surface area contributed by atoms with E-state index in [1.807, 2.05) is 39.0 Å². The van der Waals surface area contributed by atoms with Crippen molar-refractivity contribution in [2.75, 3.05) is 0 Å². The summed E-state index contributed by atoms with van der Waals surface area (Å²) in [6, 6.07) is 7.70. The molecule has 0 saturated heterocycles. The minimum atomic E-state index is -0.141. The minimum absolute atomic E-state index is 0.101. The van der Waals surface area contributed by atoms with E-state index in [1.54, 1.807) is 0 Å². The molecule has 4 aromatic rings. The second-order valence-electron chi connectivity index (χ2n) is 8.30. The number of hydrogen-bond acceptors (Lipinski definition) is 4. The molecule has 2 N–H and O–H groups in total. The largest absolute Gasteiger partial charge is 0.355 e. The molecule has 6 nitrogen and oxygen atoms in total. The topological polar surface area (TPSA) is 83.8 Å². The van der Waals surface area contributed by atoms with Gasteiger partial charge in [0.1, 0.15) is 0 Å². The predicted octanol–water partition coefficient (Wildman–Crippen LogP) is 5.60. The smallest absolute Gasteiger partial charge is 0.259 e. The number of carbonyl (C=O) groups excluding carboxylic acids is 1. The summed E-state index contributed by atoms with van der Waals surface area (Å²) in [5.41, 5.74) is 5.68. The quantitative estimate of drug-likeness (QED) is 0.450. The van der Waals surface area contributed by atoms with E-state index in [9.17, 15) is 4.79 Å². The summed E-state index contributed by atoms with van der Waals surface area (Å²) in [6.45, 7) is 5.92. The van der Waals surface area contributed by atoms with Gasteiger partial charge in [-0.15, -0.1) is 0 Å². The lowest BCUT2D eigenvalue weighted by molar-refractivity contribution is 0.0933. The van der Waals surface area contributed by atoms with Crippen LogP contribution in [0.25, 0.3) is 22.0 Å². The lowest BCUT2D eigenvalue weighted by atomic mass is 9.91. The first-order valence-corrected chi connectivity index (χ1v) is 10.7. The van der Waals surface area contributed by atoms with Crippen LogP contribution in [0, 0.1) is 6.92 Å². The Kier molecular flexibility index (Phi) is 4.54. The van der Waals surface area contributed by atoms with Crippen molar-refractivity contribution in [1.29, 1.82) is 0 Å². The maximum Gasteiger partial charge on any atom is 0.259 e. The van der Waals surface area contributed by atoms with Crippen LogP contribution in [0.2, 0.25) is 5.02 Å². The molecule has 3 aromatic heterocycles. The van der Waals surface area contributed by atoms with Crippen molar-refractivity contribution >= 4 is 39.5 Å². The van der Waals surface area contributed by atoms with Crippen molar-refractivity contribution in [1.82, 2.24) is 20.4 Å². The highest BCUT2D eigenvalue weighted by Crippen LogP contribution is 2.37. The Hall–Kier alpha value is -2.86. The second-order valence-corrected chi connectivity index (χ2v) is 8.70. The zero-order valence-corrected chi connectivity index (χ0v) is 17.9. The average Bonchev–Trinajstić information content (AvgIpc) is 3.30. The number of benzene rings is 1. The Labute approximate surface area is 179 Å². The number of fused-ring (bicyclic) bond motifs is 4. The summed E-state index contributed by atoms with van der Waals surface area (Å²) in [7, 11) is 0. The molecule has 30 heavy (non-hydrogen) atoms. The molecule has 7 heteroatoms. The molecule has 0 fully saturated rings. The number of rotatable bonds is 3. The molecule has 0 saturated carbocycles. The van der Waals surface area contributed by atoms with Crippen molar-refractivity contribution < 1.29 is 9.32 Å². The van der Waals surface area contributed by atoms with Crippen LogP contribution in [0.5, 0.6) is 0 Å². The fraction of sp³-hybridized carbons (Fsp3) is 0.348. The van der Waals surface area contributed by atoms with E-state index in [4.69, 9.17) is 16.1 Å². The van der Waals surface area contributed by atoms with Crippen LogP contribution in [0.1, 0.15) is 71.7 Å². The van der Waals surface area contributed by atoms with Crippen LogP contribution >= 0.6 is 11.6 Å². The Morgan fingerprint density at radius 2 is 2.20 bits per heavy atom. The highest BCUT2D eigenvalue weighted by Gasteiger charge is 2.28. The minimum Gasteiger partial charge on any atom is -0.355 e. The maximum absolute atomic E-state index is 13.4. The van der Waals surface area contributed by atoms with Gasteiger partial charge in [-0.25, -0.2) is 4.98 Å². The molecule has 3 heterocycles. The summed E-state index contributed by atoms with van der Waals surface area (Å²) in [5, 5.41) is 9.77. The van der Waals surface area contributed by atoms with Crippen LogP contribution in [0.3, 0.4) is 0 Å². The van der Waals surface area contributed by atoms with E-state index in [1.165, 1.54) is 5.56 Å².